The number of amides is 1. The second-order valence-electron chi connectivity index (χ2n) is 3.43. The van der Waals surface area contributed by atoms with Crippen LogP contribution in [0.25, 0.3) is 5.69 Å². The van der Waals surface area contributed by atoms with Gasteiger partial charge in [-0.05, 0) is 30.3 Å². The number of nitrogens with zero attached hydrogens (tertiary/aromatic N) is 1. The number of halogens is 2. The summed E-state index contributed by atoms with van der Waals surface area (Å²) in [6.07, 6.45) is 3.62. The Morgan fingerprint density at radius 3 is 2.71 bits per heavy atom. The van der Waals surface area contributed by atoms with Crippen LogP contribution in [0.3, 0.4) is 0 Å². The van der Waals surface area contributed by atoms with E-state index in [4.69, 9.17) is 11.6 Å². The summed E-state index contributed by atoms with van der Waals surface area (Å²) in [4.78, 5) is 11.2. The summed E-state index contributed by atoms with van der Waals surface area (Å²) in [6.45, 7) is 0. The SMILES string of the molecule is O=C(CCl)Nc1cc(F)ccc1-n1cccc1. The van der Waals surface area contributed by atoms with Crippen molar-refractivity contribution in [3.63, 3.8) is 0 Å². The van der Waals surface area contributed by atoms with E-state index in [0.29, 0.717) is 11.4 Å². The monoisotopic (exact) mass is 252 g/mol. The maximum Gasteiger partial charge on any atom is 0.239 e. The molecular weight excluding hydrogens is 243 g/mol. The molecule has 5 heteroatoms. The Morgan fingerprint density at radius 2 is 2.06 bits per heavy atom. The highest BCUT2D eigenvalue weighted by atomic mass is 35.5. The number of nitrogens with one attached hydrogen (secondary N) is 1. The molecule has 2 rings (SSSR count). The Morgan fingerprint density at radius 1 is 1.35 bits per heavy atom. The highest BCUT2D eigenvalue weighted by Crippen LogP contribution is 2.21. The fourth-order valence-corrected chi connectivity index (χ4v) is 1.58. The zero-order chi connectivity index (χ0) is 12.3. The fraction of sp³-hybridized carbons (Fsp3) is 0.0833. The molecule has 0 saturated heterocycles. The van der Waals surface area contributed by atoms with Crippen molar-refractivity contribution in [2.24, 2.45) is 0 Å². The van der Waals surface area contributed by atoms with Crippen LogP contribution >= 0.6 is 11.6 Å². The Labute approximate surface area is 103 Å². The number of carbonyl (C=O) groups is 1. The topological polar surface area (TPSA) is 34.0 Å². The van der Waals surface area contributed by atoms with E-state index in [-0.39, 0.29) is 11.8 Å². The molecule has 1 aromatic heterocycles. The van der Waals surface area contributed by atoms with Crippen molar-refractivity contribution in [2.75, 3.05) is 11.2 Å². The minimum absolute atomic E-state index is 0.165. The lowest BCUT2D eigenvalue weighted by atomic mass is 10.2. The number of aromatic nitrogens is 1. The van der Waals surface area contributed by atoms with E-state index in [1.807, 2.05) is 24.5 Å². The first-order chi connectivity index (χ1) is 8.20. The van der Waals surface area contributed by atoms with E-state index in [1.54, 1.807) is 10.6 Å². The van der Waals surface area contributed by atoms with Gasteiger partial charge in [0.1, 0.15) is 11.7 Å². The van der Waals surface area contributed by atoms with Gasteiger partial charge in [0.15, 0.2) is 0 Å². The van der Waals surface area contributed by atoms with Crippen molar-refractivity contribution in [2.45, 2.75) is 0 Å². The molecule has 0 aliphatic heterocycles. The van der Waals surface area contributed by atoms with Gasteiger partial charge in [0.2, 0.25) is 5.91 Å². The number of alkyl halides is 1. The molecule has 0 spiro atoms. The molecular formula is C12H10ClFN2O. The maximum atomic E-state index is 13.1. The molecule has 3 nitrogen and oxygen atoms in total. The van der Waals surface area contributed by atoms with Crippen LogP contribution in [0.15, 0.2) is 42.7 Å². The molecule has 1 amide bonds. The Bertz CT molecular complexity index is 525. The molecule has 0 fully saturated rings. The number of benzene rings is 1. The molecule has 17 heavy (non-hydrogen) atoms. The summed E-state index contributed by atoms with van der Waals surface area (Å²) >= 11 is 5.41. The van der Waals surface area contributed by atoms with Gasteiger partial charge in [-0.1, -0.05) is 0 Å². The molecule has 0 atom stereocenters. The van der Waals surface area contributed by atoms with Gasteiger partial charge in [0.25, 0.3) is 0 Å². The van der Waals surface area contributed by atoms with E-state index < -0.39 is 5.82 Å². The van der Waals surface area contributed by atoms with Gasteiger partial charge in [0.05, 0.1) is 11.4 Å². The Kier molecular flexibility index (Phi) is 3.44. The van der Waals surface area contributed by atoms with E-state index >= 15 is 0 Å². The predicted octanol–water partition coefficient (Wildman–Crippen LogP) is 2.79. The second-order valence-corrected chi connectivity index (χ2v) is 3.70. The fourth-order valence-electron chi connectivity index (χ4n) is 1.51. The van der Waals surface area contributed by atoms with Crippen LogP contribution in [-0.2, 0) is 4.79 Å². The molecule has 0 unspecified atom stereocenters. The van der Waals surface area contributed by atoms with Gasteiger partial charge < -0.3 is 9.88 Å². The van der Waals surface area contributed by atoms with Crippen LogP contribution in [0.2, 0.25) is 0 Å². The van der Waals surface area contributed by atoms with Gasteiger partial charge in [-0.15, -0.1) is 11.6 Å². The van der Waals surface area contributed by atoms with Crippen molar-refractivity contribution in [3.05, 3.63) is 48.5 Å². The zero-order valence-electron chi connectivity index (χ0n) is 8.86. The van der Waals surface area contributed by atoms with Gasteiger partial charge in [-0.25, -0.2) is 4.39 Å². The number of rotatable bonds is 3. The van der Waals surface area contributed by atoms with E-state index in [1.165, 1.54) is 12.1 Å². The quantitative estimate of drug-likeness (QED) is 0.838. The van der Waals surface area contributed by atoms with E-state index in [2.05, 4.69) is 5.32 Å². The smallest absolute Gasteiger partial charge is 0.239 e. The van der Waals surface area contributed by atoms with Crippen molar-refractivity contribution >= 4 is 23.2 Å². The summed E-state index contributed by atoms with van der Waals surface area (Å²) in [5.41, 5.74) is 1.08. The number of hydrogen-bond donors (Lipinski definition) is 1. The van der Waals surface area contributed by atoms with Gasteiger partial charge in [-0.2, -0.15) is 0 Å². The second kappa shape index (κ2) is 5.01. The average molecular weight is 253 g/mol. The highest BCUT2D eigenvalue weighted by molar-refractivity contribution is 6.29. The molecule has 0 bridgehead atoms. The van der Waals surface area contributed by atoms with Crippen molar-refractivity contribution in [1.29, 1.82) is 0 Å². The summed E-state index contributed by atoms with van der Waals surface area (Å²) in [7, 11) is 0. The van der Waals surface area contributed by atoms with E-state index in [9.17, 15) is 9.18 Å². The first kappa shape index (κ1) is 11.7. The Balaban J connectivity index is 2.41. The number of hydrogen-bond acceptors (Lipinski definition) is 1. The van der Waals surface area contributed by atoms with Crippen LogP contribution in [0.5, 0.6) is 0 Å². The summed E-state index contributed by atoms with van der Waals surface area (Å²) < 4.78 is 14.9. The molecule has 0 radical (unpaired) electrons. The third kappa shape index (κ3) is 2.65. The van der Waals surface area contributed by atoms with Crippen LogP contribution in [-0.4, -0.2) is 16.4 Å². The summed E-state index contributed by atoms with van der Waals surface area (Å²) in [5.74, 6) is -0.946. The van der Waals surface area contributed by atoms with E-state index in [0.717, 1.165) is 0 Å². The lowest BCUT2D eigenvalue weighted by Gasteiger charge is -2.11. The zero-order valence-corrected chi connectivity index (χ0v) is 9.62. The van der Waals surface area contributed by atoms with Crippen LogP contribution in [0, 0.1) is 5.82 Å². The highest BCUT2D eigenvalue weighted by Gasteiger charge is 2.08. The molecule has 0 aliphatic rings. The number of carbonyl (C=O) groups excluding carboxylic acids is 1. The first-order valence-corrected chi connectivity index (χ1v) is 5.53. The summed E-state index contributed by atoms with van der Waals surface area (Å²) in [5, 5.41) is 2.56. The van der Waals surface area contributed by atoms with Crippen molar-refractivity contribution in [3.8, 4) is 5.69 Å². The molecule has 1 aromatic carbocycles. The molecule has 0 saturated carbocycles. The van der Waals surface area contributed by atoms with Crippen molar-refractivity contribution in [1.82, 2.24) is 4.57 Å². The predicted molar refractivity (Wildman–Crippen MR) is 65.1 cm³/mol. The van der Waals surface area contributed by atoms with Gasteiger partial charge in [-0.3, -0.25) is 4.79 Å². The van der Waals surface area contributed by atoms with Gasteiger partial charge >= 0.3 is 0 Å². The third-order valence-electron chi connectivity index (χ3n) is 2.24. The summed E-state index contributed by atoms with van der Waals surface area (Å²) in [6, 6.07) is 7.89. The van der Waals surface area contributed by atoms with Crippen LogP contribution in [0.1, 0.15) is 0 Å². The minimum atomic E-state index is -0.411. The normalized spacial score (nSPS) is 10.2. The maximum absolute atomic E-state index is 13.1. The first-order valence-electron chi connectivity index (χ1n) is 4.99. The Hall–Kier alpha value is -1.81. The molecule has 1 N–H and O–H groups in total. The largest absolute Gasteiger partial charge is 0.323 e. The minimum Gasteiger partial charge on any atom is -0.323 e. The lowest BCUT2D eigenvalue weighted by Crippen LogP contribution is -2.14. The molecule has 1 heterocycles. The number of anilines is 1. The van der Waals surface area contributed by atoms with Gasteiger partial charge in [0, 0.05) is 12.4 Å². The molecule has 0 aliphatic carbocycles. The third-order valence-corrected chi connectivity index (χ3v) is 2.48. The van der Waals surface area contributed by atoms with Crippen LogP contribution < -0.4 is 5.32 Å². The van der Waals surface area contributed by atoms with Crippen LogP contribution in [0.4, 0.5) is 10.1 Å². The average Bonchev–Trinajstić information content (AvgIpc) is 2.82. The lowest BCUT2D eigenvalue weighted by molar-refractivity contribution is -0.113. The molecule has 2 aromatic rings. The van der Waals surface area contributed by atoms with Crippen molar-refractivity contribution < 1.29 is 9.18 Å². The standard InChI is InChI=1S/C12H10ClFN2O/c13-8-12(17)15-10-7-9(14)3-4-11(10)16-5-1-2-6-16/h1-7H,8H2,(H,15,17). The molecule has 88 valence electrons.